The highest BCUT2D eigenvalue weighted by Crippen LogP contribution is 2.26. The molecule has 7 nitrogen and oxygen atoms in total. The molecule has 0 aliphatic carbocycles. The fraction of sp³-hybridized carbons (Fsp3) is 0.538. The highest BCUT2D eigenvalue weighted by atomic mass is 32.2. The van der Waals surface area contributed by atoms with Gasteiger partial charge in [0.2, 0.25) is 10.0 Å². The van der Waals surface area contributed by atoms with Gasteiger partial charge in [-0.15, -0.1) is 0 Å². The quantitative estimate of drug-likeness (QED) is 0.850. The standard InChI is InChI=1S/C13H17N3O4S/c1-13(2)9-16(7-11(8-17)20-13)21(18,19)12-4-3-10(5-14)15-6-12/h3-4,6,11,17H,7-9H2,1-2H3. The number of aliphatic hydroxyl groups excluding tert-OH is 1. The zero-order chi connectivity index (χ0) is 15.7. The van der Waals surface area contributed by atoms with E-state index in [1.165, 1.54) is 22.6 Å². The van der Waals surface area contributed by atoms with E-state index in [1.807, 2.05) is 6.07 Å². The Labute approximate surface area is 123 Å². The van der Waals surface area contributed by atoms with Crippen LogP contribution in [0.2, 0.25) is 0 Å². The molecule has 0 bridgehead atoms. The minimum absolute atomic E-state index is 0.0240. The number of nitriles is 1. The van der Waals surface area contributed by atoms with Crippen LogP contribution in [0.5, 0.6) is 0 Å². The summed E-state index contributed by atoms with van der Waals surface area (Å²) in [6, 6.07) is 4.56. The molecule has 0 aromatic carbocycles. The molecule has 1 N–H and O–H groups in total. The van der Waals surface area contributed by atoms with E-state index in [0.717, 1.165) is 0 Å². The van der Waals surface area contributed by atoms with Crippen molar-refractivity contribution < 1.29 is 18.3 Å². The lowest BCUT2D eigenvalue weighted by Crippen LogP contribution is -2.55. The summed E-state index contributed by atoms with van der Waals surface area (Å²) in [5.41, 5.74) is -0.525. The van der Waals surface area contributed by atoms with Crippen molar-refractivity contribution in [3.05, 3.63) is 24.0 Å². The van der Waals surface area contributed by atoms with Crippen molar-refractivity contribution in [2.45, 2.75) is 30.4 Å². The minimum Gasteiger partial charge on any atom is -0.394 e. The first-order valence-electron chi connectivity index (χ1n) is 6.43. The molecule has 2 heterocycles. The van der Waals surface area contributed by atoms with E-state index in [-0.39, 0.29) is 30.3 Å². The molecule has 1 fully saturated rings. The highest BCUT2D eigenvalue weighted by Gasteiger charge is 2.39. The maximum Gasteiger partial charge on any atom is 0.244 e. The molecule has 1 unspecified atom stereocenters. The van der Waals surface area contributed by atoms with Crippen LogP contribution in [0.4, 0.5) is 0 Å². The third kappa shape index (κ3) is 3.39. The Morgan fingerprint density at radius 3 is 2.81 bits per heavy atom. The molecule has 1 aliphatic heterocycles. The second kappa shape index (κ2) is 5.69. The van der Waals surface area contributed by atoms with Crippen LogP contribution in [0.1, 0.15) is 19.5 Å². The van der Waals surface area contributed by atoms with E-state index < -0.39 is 21.7 Å². The Bertz CT molecular complexity index is 649. The zero-order valence-corrected chi connectivity index (χ0v) is 12.7. The predicted molar refractivity (Wildman–Crippen MR) is 73.7 cm³/mol. The number of rotatable bonds is 3. The Morgan fingerprint density at radius 2 is 2.29 bits per heavy atom. The van der Waals surface area contributed by atoms with Gasteiger partial charge < -0.3 is 9.84 Å². The first-order chi connectivity index (χ1) is 9.78. The van der Waals surface area contributed by atoms with E-state index in [2.05, 4.69) is 4.98 Å². The van der Waals surface area contributed by atoms with Crippen LogP contribution in [0, 0.1) is 11.3 Å². The topological polar surface area (TPSA) is 104 Å². The van der Waals surface area contributed by atoms with Crippen LogP contribution in [0.3, 0.4) is 0 Å². The van der Waals surface area contributed by atoms with Crippen LogP contribution in [-0.4, -0.2) is 54.2 Å². The molecule has 0 saturated carbocycles. The summed E-state index contributed by atoms with van der Waals surface area (Å²) in [5.74, 6) is 0. The predicted octanol–water partition coefficient (Wildman–Crippen LogP) is 0.114. The van der Waals surface area contributed by atoms with Crippen LogP contribution < -0.4 is 0 Å². The first kappa shape index (κ1) is 15.9. The lowest BCUT2D eigenvalue weighted by molar-refractivity contribution is -0.131. The van der Waals surface area contributed by atoms with E-state index in [9.17, 15) is 13.5 Å². The highest BCUT2D eigenvalue weighted by molar-refractivity contribution is 7.89. The number of morpholine rings is 1. The van der Waals surface area contributed by atoms with Gasteiger partial charge in [-0.05, 0) is 26.0 Å². The Hall–Kier alpha value is -1.53. The summed E-state index contributed by atoms with van der Waals surface area (Å²) < 4.78 is 32.1. The minimum atomic E-state index is -3.73. The van der Waals surface area contributed by atoms with Crippen molar-refractivity contribution in [1.29, 1.82) is 5.26 Å². The summed E-state index contributed by atoms with van der Waals surface area (Å²) >= 11 is 0. The molecule has 114 valence electrons. The van der Waals surface area contributed by atoms with Gasteiger partial charge in [-0.3, -0.25) is 0 Å². The van der Waals surface area contributed by atoms with Gasteiger partial charge in [0.1, 0.15) is 16.7 Å². The molecule has 2 rings (SSSR count). The number of sulfonamides is 1. The largest absolute Gasteiger partial charge is 0.394 e. The number of pyridine rings is 1. The molecule has 0 amide bonds. The van der Waals surface area contributed by atoms with Crippen LogP contribution in [0.15, 0.2) is 23.2 Å². The van der Waals surface area contributed by atoms with Crippen molar-refractivity contribution in [3.8, 4) is 6.07 Å². The van der Waals surface area contributed by atoms with Crippen LogP contribution >= 0.6 is 0 Å². The van der Waals surface area contributed by atoms with E-state index >= 15 is 0 Å². The maximum absolute atomic E-state index is 12.6. The average Bonchev–Trinajstić information content (AvgIpc) is 2.45. The van der Waals surface area contributed by atoms with Gasteiger partial charge in [-0.1, -0.05) is 0 Å². The van der Waals surface area contributed by atoms with Crippen molar-refractivity contribution in [2.75, 3.05) is 19.7 Å². The third-order valence-electron chi connectivity index (χ3n) is 3.14. The Kier molecular flexibility index (Phi) is 4.30. The fourth-order valence-corrected chi connectivity index (χ4v) is 3.84. The SMILES string of the molecule is CC1(C)CN(S(=O)(=O)c2ccc(C#N)nc2)CC(CO)O1. The molecule has 21 heavy (non-hydrogen) atoms. The van der Waals surface area contributed by atoms with Gasteiger partial charge in [0.05, 0.1) is 18.3 Å². The second-order valence-electron chi connectivity index (χ2n) is 5.47. The zero-order valence-electron chi connectivity index (χ0n) is 11.9. The molecule has 1 atom stereocenters. The normalized spacial score (nSPS) is 22.7. The number of ether oxygens (including phenoxy) is 1. The number of hydrogen-bond acceptors (Lipinski definition) is 6. The van der Waals surface area contributed by atoms with Gasteiger partial charge in [0.15, 0.2) is 0 Å². The van der Waals surface area contributed by atoms with Gasteiger partial charge in [-0.2, -0.15) is 9.57 Å². The van der Waals surface area contributed by atoms with Crippen molar-refractivity contribution in [1.82, 2.24) is 9.29 Å². The Morgan fingerprint density at radius 1 is 1.57 bits per heavy atom. The van der Waals surface area contributed by atoms with E-state index in [4.69, 9.17) is 10.00 Å². The molecule has 1 aromatic rings. The number of aromatic nitrogens is 1. The van der Waals surface area contributed by atoms with Gasteiger partial charge >= 0.3 is 0 Å². The van der Waals surface area contributed by atoms with Crippen LogP contribution in [-0.2, 0) is 14.8 Å². The van der Waals surface area contributed by atoms with Crippen LogP contribution in [0.25, 0.3) is 0 Å². The lowest BCUT2D eigenvalue weighted by atomic mass is 10.1. The molecule has 0 spiro atoms. The first-order valence-corrected chi connectivity index (χ1v) is 7.87. The molecule has 1 aromatic heterocycles. The molecular weight excluding hydrogens is 294 g/mol. The van der Waals surface area contributed by atoms with E-state index in [1.54, 1.807) is 13.8 Å². The van der Waals surface area contributed by atoms with Gasteiger partial charge in [0.25, 0.3) is 0 Å². The molecule has 0 radical (unpaired) electrons. The second-order valence-corrected chi connectivity index (χ2v) is 7.41. The third-order valence-corrected chi connectivity index (χ3v) is 4.94. The summed E-state index contributed by atoms with van der Waals surface area (Å²) in [4.78, 5) is 3.81. The Balaban J connectivity index is 2.31. The number of nitrogens with zero attached hydrogens (tertiary/aromatic N) is 3. The van der Waals surface area contributed by atoms with E-state index in [0.29, 0.717) is 0 Å². The maximum atomic E-state index is 12.6. The van der Waals surface area contributed by atoms with Gasteiger partial charge in [0, 0.05) is 19.3 Å². The summed E-state index contributed by atoms with van der Waals surface area (Å²) in [6.07, 6.45) is 0.611. The van der Waals surface area contributed by atoms with Crippen molar-refractivity contribution in [2.24, 2.45) is 0 Å². The number of hydrogen-bond donors (Lipinski definition) is 1. The summed E-state index contributed by atoms with van der Waals surface area (Å²) in [5, 5.41) is 17.9. The summed E-state index contributed by atoms with van der Waals surface area (Å²) in [6.45, 7) is 3.57. The lowest BCUT2D eigenvalue weighted by Gasteiger charge is -2.41. The average molecular weight is 311 g/mol. The fourth-order valence-electron chi connectivity index (χ4n) is 2.27. The molecule has 1 saturated heterocycles. The monoisotopic (exact) mass is 311 g/mol. The summed E-state index contributed by atoms with van der Waals surface area (Å²) in [7, 11) is -3.73. The van der Waals surface area contributed by atoms with Crippen molar-refractivity contribution in [3.63, 3.8) is 0 Å². The molecule has 8 heteroatoms. The van der Waals surface area contributed by atoms with Gasteiger partial charge in [-0.25, -0.2) is 13.4 Å². The molecular formula is C13H17N3O4S. The smallest absolute Gasteiger partial charge is 0.244 e. The van der Waals surface area contributed by atoms with Crippen molar-refractivity contribution >= 4 is 10.0 Å². The molecule has 1 aliphatic rings. The number of aliphatic hydroxyl groups is 1.